The van der Waals surface area contributed by atoms with Gasteiger partial charge >= 0.3 is 0 Å². The van der Waals surface area contributed by atoms with E-state index in [1.807, 2.05) is 31.8 Å². The molecule has 1 aliphatic carbocycles. The third-order valence-electron chi connectivity index (χ3n) is 4.25. The molecule has 0 saturated carbocycles. The molecule has 4 heteroatoms. The lowest BCUT2D eigenvalue weighted by Gasteiger charge is -2.36. The normalized spacial score (nSPS) is 22.7. The summed E-state index contributed by atoms with van der Waals surface area (Å²) < 4.78 is 1.94. The Morgan fingerprint density at radius 3 is 2.95 bits per heavy atom. The summed E-state index contributed by atoms with van der Waals surface area (Å²) in [7, 11) is 1.98. The Hall–Kier alpha value is -1.32. The van der Waals surface area contributed by atoms with Gasteiger partial charge in [-0.15, -0.1) is 0 Å². The topological polar surface area (TPSA) is 46.9 Å². The first-order chi connectivity index (χ1) is 8.84. The number of fused-ring (bicyclic) bond motifs is 1. The van der Waals surface area contributed by atoms with E-state index in [0.717, 1.165) is 19.3 Å². The van der Waals surface area contributed by atoms with E-state index >= 15 is 0 Å². The molecule has 1 heterocycles. The second kappa shape index (κ2) is 4.99. The standard InChI is InChI=1S/C15H25N3O/c1-6-10(2)14(19)17-12-7-15(3,4)8-13-11(12)9-16-18(13)5/h9-10,12H,6-8H2,1-5H3,(H,17,19)/t10-,12-/m0/s1. The molecular weight excluding hydrogens is 238 g/mol. The van der Waals surface area contributed by atoms with Gasteiger partial charge in [0.2, 0.25) is 5.91 Å². The van der Waals surface area contributed by atoms with Gasteiger partial charge in [0.25, 0.3) is 0 Å². The summed E-state index contributed by atoms with van der Waals surface area (Å²) >= 11 is 0. The molecular formula is C15H25N3O. The first-order valence-corrected chi connectivity index (χ1v) is 7.15. The van der Waals surface area contributed by atoms with Crippen LogP contribution < -0.4 is 5.32 Å². The van der Waals surface area contributed by atoms with Gasteiger partial charge in [-0.1, -0.05) is 27.7 Å². The van der Waals surface area contributed by atoms with Crippen LogP contribution >= 0.6 is 0 Å². The summed E-state index contributed by atoms with van der Waals surface area (Å²) in [5, 5.41) is 7.55. The molecule has 0 aliphatic heterocycles. The molecule has 0 unspecified atom stereocenters. The zero-order valence-corrected chi connectivity index (χ0v) is 12.7. The molecule has 0 bridgehead atoms. The Morgan fingerprint density at radius 2 is 2.32 bits per heavy atom. The molecule has 1 aromatic heterocycles. The van der Waals surface area contributed by atoms with Crippen LogP contribution in [0.5, 0.6) is 0 Å². The van der Waals surface area contributed by atoms with Gasteiger partial charge in [0.05, 0.1) is 12.2 Å². The van der Waals surface area contributed by atoms with Crippen LogP contribution in [0.4, 0.5) is 0 Å². The van der Waals surface area contributed by atoms with Gasteiger partial charge in [-0.3, -0.25) is 9.48 Å². The molecule has 1 amide bonds. The fourth-order valence-corrected chi connectivity index (χ4v) is 2.80. The smallest absolute Gasteiger partial charge is 0.223 e. The third kappa shape index (κ3) is 2.82. The highest BCUT2D eigenvalue weighted by molar-refractivity contribution is 5.78. The molecule has 106 valence electrons. The van der Waals surface area contributed by atoms with Gasteiger partial charge in [0.1, 0.15) is 0 Å². The van der Waals surface area contributed by atoms with Crippen LogP contribution in [-0.2, 0) is 18.3 Å². The van der Waals surface area contributed by atoms with Gasteiger partial charge in [0, 0.05) is 24.2 Å². The highest BCUT2D eigenvalue weighted by atomic mass is 16.1. The predicted octanol–water partition coefficient (Wildman–Crippen LogP) is 2.60. The van der Waals surface area contributed by atoms with Crippen LogP contribution in [0.15, 0.2) is 6.20 Å². The van der Waals surface area contributed by atoms with Crippen molar-refractivity contribution < 1.29 is 4.79 Å². The molecule has 0 fully saturated rings. The van der Waals surface area contributed by atoms with Crippen molar-refractivity contribution in [3.05, 3.63) is 17.5 Å². The highest BCUT2D eigenvalue weighted by Crippen LogP contribution is 2.40. The van der Waals surface area contributed by atoms with Crippen LogP contribution in [0.2, 0.25) is 0 Å². The minimum atomic E-state index is 0.0742. The average molecular weight is 263 g/mol. The summed E-state index contributed by atoms with van der Waals surface area (Å²) in [5.41, 5.74) is 2.65. The van der Waals surface area contributed by atoms with E-state index in [9.17, 15) is 4.79 Å². The van der Waals surface area contributed by atoms with E-state index in [2.05, 4.69) is 24.3 Å². The monoisotopic (exact) mass is 263 g/mol. The van der Waals surface area contributed by atoms with Gasteiger partial charge in [0.15, 0.2) is 0 Å². The zero-order valence-electron chi connectivity index (χ0n) is 12.7. The number of nitrogens with zero attached hydrogens (tertiary/aromatic N) is 2. The Kier molecular flexibility index (Phi) is 3.70. The molecule has 1 aromatic rings. The van der Waals surface area contributed by atoms with Gasteiger partial charge < -0.3 is 5.32 Å². The third-order valence-corrected chi connectivity index (χ3v) is 4.25. The van der Waals surface area contributed by atoms with Crippen molar-refractivity contribution in [2.45, 2.75) is 53.0 Å². The first-order valence-electron chi connectivity index (χ1n) is 7.15. The minimum Gasteiger partial charge on any atom is -0.349 e. The van der Waals surface area contributed by atoms with E-state index in [0.29, 0.717) is 0 Å². The molecule has 4 nitrogen and oxygen atoms in total. The summed E-state index contributed by atoms with van der Waals surface area (Å²) in [6.07, 6.45) is 4.79. The number of aryl methyl sites for hydroxylation is 1. The van der Waals surface area contributed by atoms with Crippen molar-refractivity contribution >= 4 is 5.91 Å². The number of carbonyl (C=O) groups excluding carboxylic acids is 1. The van der Waals surface area contributed by atoms with Crippen molar-refractivity contribution in [2.75, 3.05) is 0 Å². The lowest BCUT2D eigenvalue weighted by molar-refractivity contribution is -0.125. The number of hydrogen-bond acceptors (Lipinski definition) is 2. The Balaban J connectivity index is 2.23. The van der Waals surface area contributed by atoms with Crippen LogP contribution in [0.25, 0.3) is 0 Å². The number of nitrogens with one attached hydrogen (secondary N) is 1. The Labute approximate surface area is 115 Å². The van der Waals surface area contributed by atoms with E-state index in [-0.39, 0.29) is 23.3 Å². The van der Waals surface area contributed by atoms with Crippen LogP contribution in [-0.4, -0.2) is 15.7 Å². The van der Waals surface area contributed by atoms with E-state index in [4.69, 9.17) is 0 Å². The summed E-state index contributed by atoms with van der Waals surface area (Å²) in [6.45, 7) is 8.54. The SMILES string of the molecule is CC[C@H](C)C(=O)N[C@H]1CC(C)(C)Cc2c1cnn2C. The maximum absolute atomic E-state index is 12.1. The molecule has 2 rings (SSSR count). The quantitative estimate of drug-likeness (QED) is 0.911. The van der Waals surface area contributed by atoms with E-state index < -0.39 is 0 Å². The molecule has 2 atom stereocenters. The van der Waals surface area contributed by atoms with Gasteiger partial charge in [-0.05, 0) is 24.7 Å². The molecule has 1 aliphatic rings. The number of hydrogen-bond donors (Lipinski definition) is 1. The van der Waals surface area contributed by atoms with Crippen molar-refractivity contribution in [3.63, 3.8) is 0 Å². The van der Waals surface area contributed by atoms with Crippen LogP contribution in [0.3, 0.4) is 0 Å². The van der Waals surface area contributed by atoms with Crippen molar-refractivity contribution in [1.82, 2.24) is 15.1 Å². The predicted molar refractivity (Wildman–Crippen MR) is 75.6 cm³/mol. The largest absolute Gasteiger partial charge is 0.349 e. The minimum absolute atomic E-state index is 0.0742. The fourth-order valence-electron chi connectivity index (χ4n) is 2.80. The average Bonchev–Trinajstić information content (AvgIpc) is 2.68. The number of aromatic nitrogens is 2. The second-order valence-corrected chi connectivity index (χ2v) is 6.59. The van der Waals surface area contributed by atoms with E-state index in [1.165, 1.54) is 11.3 Å². The molecule has 19 heavy (non-hydrogen) atoms. The Bertz CT molecular complexity index is 476. The maximum atomic E-state index is 12.1. The Morgan fingerprint density at radius 1 is 1.63 bits per heavy atom. The van der Waals surface area contributed by atoms with Crippen molar-refractivity contribution in [1.29, 1.82) is 0 Å². The molecule has 0 saturated heterocycles. The maximum Gasteiger partial charge on any atom is 0.223 e. The zero-order chi connectivity index (χ0) is 14.2. The lowest BCUT2D eigenvalue weighted by atomic mass is 9.74. The van der Waals surface area contributed by atoms with Gasteiger partial charge in [-0.2, -0.15) is 5.10 Å². The van der Waals surface area contributed by atoms with Crippen LogP contribution in [0, 0.1) is 11.3 Å². The fraction of sp³-hybridized carbons (Fsp3) is 0.733. The molecule has 0 aromatic carbocycles. The van der Waals surface area contributed by atoms with Crippen LogP contribution in [0.1, 0.15) is 57.8 Å². The first kappa shape index (κ1) is 14.1. The molecule has 1 N–H and O–H groups in total. The lowest BCUT2D eigenvalue weighted by Crippen LogP contribution is -2.38. The van der Waals surface area contributed by atoms with Crippen molar-refractivity contribution in [3.8, 4) is 0 Å². The summed E-state index contributed by atoms with van der Waals surface area (Å²) in [5.74, 6) is 0.227. The van der Waals surface area contributed by atoms with Crippen molar-refractivity contribution in [2.24, 2.45) is 18.4 Å². The van der Waals surface area contributed by atoms with Gasteiger partial charge in [-0.25, -0.2) is 0 Å². The number of carbonyl (C=O) groups is 1. The molecule has 0 spiro atoms. The van der Waals surface area contributed by atoms with E-state index in [1.54, 1.807) is 0 Å². The highest BCUT2D eigenvalue weighted by Gasteiger charge is 2.35. The number of amides is 1. The summed E-state index contributed by atoms with van der Waals surface area (Å²) in [6, 6.07) is 0.106. The number of rotatable bonds is 3. The summed E-state index contributed by atoms with van der Waals surface area (Å²) in [4.78, 5) is 12.1. The second-order valence-electron chi connectivity index (χ2n) is 6.59. The molecule has 0 radical (unpaired) electrons.